The molecule has 6 heteroatoms. The van der Waals surface area contributed by atoms with Gasteiger partial charge in [0.2, 0.25) is 0 Å². The number of unbranched alkanes of at least 4 members (excludes halogenated alkanes) is 1. The first kappa shape index (κ1) is 20.0. The zero-order valence-corrected chi connectivity index (χ0v) is 16.3. The lowest BCUT2D eigenvalue weighted by molar-refractivity contribution is 0.0373. The zero-order valence-electron chi connectivity index (χ0n) is 15.5. The van der Waals surface area contributed by atoms with E-state index < -0.39 is 0 Å². The van der Waals surface area contributed by atoms with Crippen molar-refractivity contribution in [3.05, 3.63) is 34.9 Å². The van der Waals surface area contributed by atoms with Crippen LogP contribution in [0.4, 0.5) is 0 Å². The van der Waals surface area contributed by atoms with Crippen molar-refractivity contribution in [3.8, 4) is 0 Å². The van der Waals surface area contributed by atoms with Gasteiger partial charge in [0.1, 0.15) is 0 Å². The minimum atomic E-state index is 0.771. The maximum Gasteiger partial charge on any atom is 0.193 e. The van der Waals surface area contributed by atoms with Gasteiger partial charge in [0.15, 0.2) is 5.96 Å². The summed E-state index contributed by atoms with van der Waals surface area (Å²) in [5.41, 5.74) is 1.23. The first-order valence-electron chi connectivity index (χ1n) is 9.23. The second-order valence-electron chi connectivity index (χ2n) is 6.38. The number of hydrogen-bond acceptors (Lipinski definition) is 3. The lowest BCUT2D eigenvalue weighted by Gasteiger charge is -2.26. The Kier molecular flexibility index (Phi) is 9.08. The van der Waals surface area contributed by atoms with Crippen molar-refractivity contribution in [1.82, 2.24) is 15.1 Å². The molecule has 140 valence electrons. The highest BCUT2D eigenvalue weighted by Crippen LogP contribution is 2.11. The molecule has 1 aromatic rings. The predicted molar refractivity (Wildman–Crippen MR) is 105 cm³/mol. The van der Waals surface area contributed by atoms with Crippen LogP contribution in [-0.2, 0) is 11.3 Å². The molecule has 1 aromatic carbocycles. The molecule has 5 nitrogen and oxygen atoms in total. The molecule has 0 spiro atoms. The molecule has 1 saturated heterocycles. The molecule has 25 heavy (non-hydrogen) atoms. The van der Waals surface area contributed by atoms with E-state index in [-0.39, 0.29) is 0 Å². The third-order valence-electron chi connectivity index (χ3n) is 4.28. The van der Waals surface area contributed by atoms with Crippen molar-refractivity contribution in [1.29, 1.82) is 0 Å². The van der Waals surface area contributed by atoms with Crippen LogP contribution < -0.4 is 5.32 Å². The normalized spacial score (nSPS) is 16.0. The van der Waals surface area contributed by atoms with Crippen LogP contribution in [0, 0.1) is 0 Å². The molecule has 0 saturated carbocycles. The van der Waals surface area contributed by atoms with Gasteiger partial charge >= 0.3 is 0 Å². The third-order valence-corrected chi connectivity index (χ3v) is 4.53. The fourth-order valence-electron chi connectivity index (χ4n) is 2.87. The molecule has 0 unspecified atom stereocenters. The van der Waals surface area contributed by atoms with Gasteiger partial charge in [-0.3, -0.25) is 9.89 Å². The van der Waals surface area contributed by atoms with E-state index in [0.717, 1.165) is 69.9 Å². The summed E-state index contributed by atoms with van der Waals surface area (Å²) < 4.78 is 5.38. The standard InChI is InChI=1S/C19H31ClN4O/c1-3-21-19(23(2)16-17-6-8-18(20)9-7-17)22-10-4-5-11-24-12-14-25-15-13-24/h6-9H,3-5,10-16H2,1-2H3,(H,21,22). The van der Waals surface area contributed by atoms with Crippen molar-refractivity contribution < 1.29 is 4.74 Å². The van der Waals surface area contributed by atoms with Gasteiger partial charge in [-0.25, -0.2) is 0 Å². The number of guanidine groups is 1. The summed E-state index contributed by atoms with van der Waals surface area (Å²) in [6.07, 6.45) is 2.30. The second-order valence-corrected chi connectivity index (χ2v) is 6.82. The Bertz CT molecular complexity index is 515. The van der Waals surface area contributed by atoms with Crippen molar-refractivity contribution >= 4 is 17.6 Å². The first-order valence-corrected chi connectivity index (χ1v) is 9.61. The summed E-state index contributed by atoms with van der Waals surface area (Å²) >= 11 is 5.95. The molecule has 0 aromatic heterocycles. The van der Waals surface area contributed by atoms with Crippen LogP contribution in [0.3, 0.4) is 0 Å². The van der Waals surface area contributed by atoms with E-state index in [2.05, 4.69) is 41.2 Å². The first-order chi connectivity index (χ1) is 12.2. The van der Waals surface area contributed by atoms with E-state index in [1.54, 1.807) is 0 Å². The van der Waals surface area contributed by atoms with Crippen LogP contribution in [-0.4, -0.2) is 68.7 Å². The Morgan fingerprint density at radius 2 is 1.96 bits per heavy atom. The Hall–Kier alpha value is -1.30. The average molecular weight is 367 g/mol. The topological polar surface area (TPSA) is 40.1 Å². The number of ether oxygens (including phenoxy) is 1. The quantitative estimate of drug-likeness (QED) is 0.436. The number of halogens is 1. The Balaban J connectivity index is 1.75. The highest BCUT2D eigenvalue weighted by atomic mass is 35.5. The number of hydrogen-bond donors (Lipinski definition) is 1. The fourth-order valence-corrected chi connectivity index (χ4v) is 2.99. The molecule has 0 amide bonds. The summed E-state index contributed by atoms with van der Waals surface area (Å²) in [6, 6.07) is 7.98. The van der Waals surface area contributed by atoms with E-state index >= 15 is 0 Å². The van der Waals surface area contributed by atoms with E-state index in [9.17, 15) is 0 Å². The monoisotopic (exact) mass is 366 g/mol. The molecule has 0 radical (unpaired) electrons. The van der Waals surface area contributed by atoms with Gasteiger partial charge in [0, 0.05) is 44.8 Å². The van der Waals surface area contributed by atoms with E-state index in [1.807, 2.05) is 12.1 Å². The van der Waals surface area contributed by atoms with Crippen molar-refractivity contribution in [3.63, 3.8) is 0 Å². The van der Waals surface area contributed by atoms with Crippen molar-refractivity contribution in [2.45, 2.75) is 26.3 Å². The largest absolute Gasteiger partial charge is 0.379 e. The third kappa shape index (κ3) is 7.63. The summed E-state index contributed by atoms with van der Waals surface area (Å²) in [6.45, 7) is 9.67. The van der Waals surface area contributed by atoms with Crippen LogP contribution in [0.2, 0.25) is 5.02 Å². The maximum absolute atomic E-state index is 5.95. The Morgan fingerprint density at radius 3 is 2.64 bits per heavy atom. The number of morpholine rings is 1. The number of benzene rings is 1. The fraction of sp³-hybridized carbons (Fsp3) is 0.632. The van der Waals surface area contributed by atoms with Gasteiger partial charge in [0.05, 0.1) is 13.2 Å². The molecular weight excluding hydrogens is 336 g/mol. The molecule has 0 aliphatic carbocycles. The number of nitrogens with zero attached hydrogens (tertiary/aromatic N) is 3. The van der Waals surface area contributed by atoms with E-state index in [1.165, 1.54) is 12.0 Å². The minimum absolute atomic E-state index is 0.771. The van der Waals surface area contributed by atoms with Crippen molar-refractivity contribution in [2.75, 3.05) is 53.0 Å². The zero-order chi connectivity index (χ0) is 17.9. The van der Waals surface area contributed by atoms with Gasteiger partial charge in [-0.2, -0.15) is 0 Å². The van der Waals surface area contributed by atoms with Gasteiger partial charge in [-0.05, 0) is 44.0 Å². The lowest BCUT2D eigenvalue weighted by atomic mass is 10.2. The molecule has 1 aliphatic rings. The van der Waals surface area contributed by atoms with Gasteiger partial charge in [0.25, 0.3) is 0 Å². The van der Waals surface area contributed by atoms with Crippen LogP contribution >= 0.6 is 11.6 Å². The SMILES string of the molecule is CCNC(=NCCCCN1CCOCC1)N(C)Cc1ccc(Cl)cc1. The van der Waals surface area contributed by atoms with Crippen molar-refractivity contribution in [2.24, 2.45) is 4.99 Å². The lowest BCUT2D eigenvalue weighted by Crippen LogP contribution is -2.38. The molecule has 1 N–H and O–H groups in total. The molecule has 0 atom stereocenters. The smallest absolute Gasteiger partial charge is 0.193 e. The van der Waals surface area contributed by atoms with Gasteiger partial charge < -0.3 is 15.0 Å². The van der Waals surface area contributed by atoms with Gasteiger partial charge in [-0.1, -0.05) is 23.7 Å². The Morgan fingerprint density at radius 1 is 1.24 bits per heavy atom. The van der Waals surface area contributed by atoms with Crippen LogP contribution in [0.1, 0.15) is 25.3 Å². The number of rotatable bonds is 8. The Labute approximate surface area is 157 Å². The molecule has 1 heterocycles. The average Bonchev–Trinajstić information content (AvgIpc) is 2.63. The molecule has 0 bridgehead atoms. The molecular formula is C19H31ClN4O. The highest BCUT2D eigenvalue weighted by Gasteiger charge is 2.09. The summed E-state index contributed by atoms with van der Waals surface area (Å²) in [4.78, 5) is 9.41. The summed E-state index contributed by atoms with van der Waals surface area (Å²) in [7, 11) is 2.07. The maximum atomic E-state index is 5.95. The summed E-state index contributed by atoms with van der Waals surface area (Å²) in [5.74, 6) is 0.962. The minimum Gasteiger partial charge on any atom is -0.379 e. The highest BCUT2D eigenvalue weighted by molar-refractivity contribution is 6.30. The van der Waals surface area contributed by atoms with Gasteiger partial charge in [-0.15, -0.1) is 0 Å². The number of nitrogens with one attached hydrogen (secondary N) is 1. The van der Waals surface area contributed by atoms with Crippen LogP contribution in [0.15, 0.2) is 29.3 Å². The summed E-state index contributed by atoms with van der Waals surface area (Å²) in [5, 5.41) is 4.15. The second kappa shape index (κ2) is 11.3. The van der Waals surface area contributed by atoms with E-state index in [4.69, 9.17) is 21.3 Å². The van der Waals surface area contributed by atoms with Crippen LogP contribution in [0.5, 0.6) is 0 Å². The number of aliphatic imine (C=N–C) groups is 1. The predicted octanol–water partition coefficient (Wildman–Crippen LogP) is 2.85. The molecule has 2 rings (SSSR count). The molecule has 1 aliphatic heterocycles. The van der Waals surface area contributed by atoms with Crippen LogP contribution in [0.25, 0.3) is 0 Å². The van der Waals surface area contributed by atoms with E-state index in [0.29, 0.717) is 0 Å². The molecule has 1 fully saturated rings.